The van der Waals surface area contributed by atoms with E-state index >= 15 is 0 Å². The average Bonchev–Trinajstić information content (AvgIpc) is 2.29. The highest BCUT2D eigenvalue weighted by atomic mass is 19.1. The molecule has 1 unspecified atom stereocenters. The molecule has 0 fully saturated rings. The summed E-state index contributed by atoms with van der Waals surface area (Å²) < 4.78 is 22.7. The van der Waals surface area contributed by atoms with Gasteiger partial charge in [-0.15, -0.1) is 0 Å². The van der Waals surface area contributed by atoms with Gasteiger partial charge in [0.15, 0.2) is 23.4 Å². The highest BCUT2D eigenvalue weighted by Crippen LogP contribution is 2.38. The van der Waals surface area contributed by atoms with E-state index in [0.29, 0.717) is 0 Å². The van der Waals surface area contributed by atoms with Gasteiger partial charge in [0.05, 0.1) is 13.7 Å². The molecule has 0 spiro atoms. The predicted molar refractivity (Wildman–Crippen MR) is 60.9 cm³/mol. The van der Waals surface area contributed by atoms with Crippen LogP contribution in [0.3, 0.4) is 0 Å². The van der Waals surface area contributed by atoms with Crippen LogP contribution >= 0.6 is 0 Å². The fraction of sp³-hybridized carbons (Fsp3) is 0.417. The molecule has 0 aliphatic rings. The molecule has 0 bridgehead atoms. The van der Waals surface area contributed by atoms with Gasteiger partial charge >= 0.3 is 5.97 Å². The van der Waals surface area contributed by atoms with Gasteiger partial charge in [-0.05, 0) is 25.5 Å². The summed E-state index contributed by atoms with van der Waals surface area (Å²) in [6.07, 6.45) is -1.68. The molecular formula is C12H15FO5. The normalized spacial score (nSPS) is 12.1. The lowest BCUT2D eigenvalue weighted by atomic mass is 10.0. The predicted octanol–water partition coefficient (Wildman–Crippen LogP) is 1.44. The van der Waals surface area contributed by atoms with E-state index in [9.17, 15) is 19.4 Å². The Balaban J connectivity index is 3.28. The van der Waals surface area contributed by atoms with E-state index in [1.807, 2.05) is 0 Å². The standard InChI is InChI=1S/C12H15FO5/c1-4-18-12(16)10(15)8-6(2)5-7(13)11(17-3)9(8)14/h5,10,14-15H,4H2,1-3H3. The first-order valence-corrected chi connectivity index (χ1v) is 5.34. The minimum absolute atomic E-state index is 0.0913. The second-order valence-electron chi connectivity index (χ2n) is 3.63. The number of esters is 1. The quantitative estimate of drug-likeness (QED) is 0.799. The number of aryl methyl sites for hydroxylation is 1. The maximum atomic E-state index is 13.4. The van der Waals surface area contributed by atoms with Crippen molar-refractivity contribution < 1.29 is 28.9 Å². The number of hydrogen-bond donors (Lipinski definition) is 2. The third-order valence-corrected chi connectivity index (χ3v) is 2.44. The monoisotopic (exact) mass is 258 g/mol. The summed E-state index contributed by atoms with van der Waals surface area (Å²) in [6, 6.07) is 1.07. The average molecular weight is 258 g/mol. The lowest BCUT2D eigenvalue weighted by Crippen LogP contribution is -2.17. The SMILES string of the molecule is CCOC(=O)C(O)c1c(C)cc(F)c(OC)c1O. The van der Waals surface area contributed by atoms with Crippen molar-refractivity contribution in [3.05, 3.63) is 23.0 Å². The van der Waals surface area contributed by atoms with E-state index < -0.39 is 29.4 Å². The summed E-state index contributed by atoms with van der Waals surface area (Å²) in [5.74, 6) is -2.70. The molecule has 0 radical (unpaired) electrons. The van der Waals surface area contributed by atoms with Crippen LogP contribution in [0.1, 0.15) is 24.2 Å². The first-order chi connectivity index (χ1) is 8.43. The van der Waals surface area contributed by atoms with Crippen LogP contribution in [0.2, 0.25) is 0 Å². The van der Waals surface area contributed by atoms with E-state index in [1.54, 1.807) is 6.92 Å². The second-order valence-corrected chi connectivity index (χ2v) is 3.63. The number of halogens is 1. The number of hydrogen-bond acceptors (Lipinski definition) is 5. The Morgan fingerprint density at radius 1 is 1.56 bits per heavy atom. The Morgan fingerprint density at radius 2 is 2.17 bits per heavy atom. The Labute approximate surface area is 104 Å². The molecule has 0 amide bonds. The van der Waals surface area contributed by atoms with Crippen molar-refractivity contribution >= 4 is 5.97 Å². The lowest BCUT2D eigenvalue weighted by Gasteiger charge is -2.16. The highest BCUT2D eigenvalue weighted by molar-refractivity contribution is 5.78. The molecular weight excluding hydrogens is 243 g/mol. The van der Waals surface area contributed by atoms with Gasteiger partial charge in [0.1, 0.15) is 0 Å². The van der Waals surface area contributed by atoms with Crippen LogP contribution in [0, 0.1) is 12.7 Å². The van der Waals surface area contributed by atoms with Gasteiger partial charge in [-0.1, -0.05) is 0 Å². The Morgan fingerprint density at radius 3 is 2.67 bits per heavy atom. The maximum Gasteiger partial charge on any atom is 0.339 e. The van der Waals surface area contributed by atoms with Crippen LogP contribution in [0.15, 0.2) is 6.07 Å². The number of ether oxygens (including phenoxy) is 2. The van der Waals surface area contributed by atoms with E-state index in [-0.39, 0.29) is 17.7 Å². The molecule has 0 aromatic heterocycles. The number of phenolic OH excluding ortho intramolecular Hbond substituents is 1. The van der Waals surface area contributed by atoms with Gasteiger partial charge in [-0.2, -0.15) is 0 Å². The Hall–Kier alpha value is -1.82. The zero-order valence-corrected chi connectivity index (χ0v) is 10.4. The molecule has 0 aliphatic heterocycles. The van der Waals surface area contributed by atoms with E-state index in [0.717, 1.165) is 6.07 Å². The van der Waals surface area contributed by atoms with Gasteiger partial charge in [-0.25, -0.2) is 9.18 Å². The molecule has 0 heterocycles. The van der Waals surface area contributed by atoms with Crippen LogP contribution < -0.4 is 4.74 Å². The highest BCUT2D eigenvalue weighted by Gasteiger charge is 2.27. The van der Waals surface area contributed by atoms with Crippen molar-refractivity contribution in [3.8, 4) is 11.5 Å². The maximum absolute atomic E-state index is 13.4. The van der Waals surface area contributed by atoms with Gasteiger partial charge in [-0.3, -0.25) is 0 Å². The summed E-state index contributed by atoms with van der Waals surface area (Å²) in [5, 5.41) is 19.6. The minimum Gasteiger partial charge on any atom is -0.504 e. The van der Waals surface area contributed by atoms with Gasteiger partial charge in [0.25, 0.3) is 0 Å². The molecule has 1 aromatic carbocycles. The second kappa shape index (κ2) is 5.68. The van der Waals surface area contributed by atoms with Gasteiger partial charge in [0, 0.05) is 5.56 Å². The number of carbonyl (C=O) groups excluding carboxylic acids is 1. The molecule has 1 atom stereocenters. The Kier molecular flexibility index (Phi) is 4.49. The largest absolute Gasteiger partial charge is 0.504 e. The number of phenols is 1. The molecule has 0 saturated heterocycles. The molecule has 2 N–H and O–H groups in total. The smallest absolute Gasteiger partial charge is 0.339 e. The molecule has 0 aliphatic carbocycles. The summed E-state index contributed by atoms with van der Waals surface area (Å²) >= 11 is 0. The molecule has 100 valence electrons. The number of carbonyl (C=O) groups is 1. The van der Waals surface area contributed by atoms with Crippen molar-refractivity contribution in [2.24, 2.45) is 0 Å². The summed E-state index contributed by atoms with van der Waals surface area (Å²) in [6.45, 7) is 3.14. The molecule has 1 rings (SSSR count). The fourth-order valence-corrected chi connectivity index (χ4v) is 1.63. The lowest BCUT2D eigenvalue weighted by molar-refractivity contribution is -0.153. The summed E-state index contributed by atoms with van der Waals surface area (Å²) in [5.41, 5.74) is 0.109. The third-order valence-electron chi connectivity index (χ3n) is 2.44. The van der Waals surface area contributed by atoms with Crippen LogP contribution in [0.5, 0.6) is 11.5 Å². The molecule has 18 heavy (non-hydrogen) atoms. The number of methoxy groups -OCH3 is 1. The van der Waals surface area contributed by atoms with E-state index in [1.165, 1.54) is 14.0 Å². The number of benzene rings is 1. The van der Waals surface area contributed by atoms with E-state index in [2.05, 4.69) is 9.47 Å². The first-order valence-electron chi connectivity index (χ1n) is 5.34. The summed E-state index contributed by atoms with van der Waals surface area (Å²) in [7, 11) is 1.17. The van der Waals surface area contributed by atoms with Crippen molar-refractivity contribution in [3.63, 3.8) is 0 Å². The van der Waals surface area contributed by atoms with Gasteiger partial charge in [0.2, 0.25) is 0 Å². The van der Waals surface area contributed by atoms with Crippen LogP contribution in [0.4, 0.5) is 4.39 Å². The minimum atomic E-state index is -1.68. The zero-order valence-electron chi connectivity index (χ0n) is 10.4. The zero-order chi connectivity index (χ0) is 13.9. The molecule has 1 aromatic rings. The topological polar surface area (TPSA) is 76.0 Å². The fourth-order valence-electron chi connectivity index (χ4n) is 1.63. The van der Waals surface area contributed by atoms with Crippen LogP contribution in [0.25, 0.3) is 0 Å². The number of aromatic hydroxyl groups is 1. The van der Waals surface area contributed by atoms with Gasteiger partial charge < -0.3 is 19.7 Å². The van der Waals surface area contributed by atoms with Crippen molar-refractivity contribution in [2.75, 3.05) is 13.7 Å². The number of aliphatic hydroxyl groups excluding tert-OH is 1. The van der Waals surface area contributed by atoms with Crippen LogP contribution in [-0.4, -0.2) is 29.9 Å². The molecule has 5 nitrogen and oxygen atoms in total. The van der Waals surface area contributed by atoms with Crippen LogP contribution in [-0.2, 0) is 9.53 Å². The third kappa shape index (κ3) is 2.53. The van der Waals surface area contributed by atoms with Crippen molar-refractivity contribution in [1.82, 2.24) is 0 Å². The summed E-state index contributed by atoms with van der Waals surface area (Å²) in [4.78, 5) is 11.4. The number of aliphatic hydroxyl groups is 1. The first kappa shape index (κ1) is 14.2. The van der Waals surface area contributed by atoms with Crippen molar-refractivity contribution in [2.45, 2.75) is 20.0 Å². The van der Waals surface area contributed by atoms with Crippen molar-refractivity contribution in [1.29, 1.82) is 0 Å². The Bertz CT molecular complexity index is 458. The van der Waals surface area contributed by atoms with E-state index in [4.69, 9.17) is 0 Å². The number of rotatable bonds is 4. The molecule has 6 heteroatoms. The molecule has 0 saturated carbocycles.